The molecule has 5 nitrogen and oxygen atoms in total. The number of para-hydroxylation sites is 1. The second-order valence-electron chi connectivity index (χ2n) is 4.64. The lowest BCUT2D eigenvalue weighted by molar-refractivity contribution is 0.478. The molecule has 0 unspecified atom stereocenters. The van der Waals surface area contributed by atoms with E-state index in [2.05, 4.69) is 4.98 Å². The van der Waals surface area contributed by atoms with Crippen molar-refractivity contribution in [1.82, 2.24) is 9.55 Å². The van der Waals surface area contributed by atoms with Gasteiger partial charge in [-0.1, -0.05) is 18.2 Å². The van der Waals surface area contributed by atoms with E-state index in [4.69, 9.17) is 5.26 Å². The quantitative estimate of drug-likeness (QED) is 0.740. The molecule has 3 rings (SSSR count). The van der Waals surface area contributed by atoms with Crippen molar-refractivity contribution in [2.75, 3.05) is 0 Å². The number of nitrogens with zero attached hydrogens (tertiary/aromatic N) is 3. The summed E-state index contributed by atoms with van der Waals surface area (Å²) in [6, 6.07) is 14.1. The summed E-state index contributed by atoms with van der Waals surface area (Å²) >= 11 is 0. The molecule has 0 spiro atoms. The van der Waals surface area contributed by atoms with Crippen LogP contribution in [-0.2, 0) is 0 Å². The summed E-state index contributed by atoms with van der Waals surface area (Å²) in [5.74, 6) is -0.322. The molecule has 0 radical (unpaired) electrons. The third-order valence-corrected chi connectivity index (χ3v) is 3.26. The second-order valence-corrected chi connectivity index (χ2v) is 4.64. The average Bonchev–Trinajstić information content (AvgIpc) is 2.48. The summed E-state index contributed by atoms with van der Waals surface area (Å²) < 4.78 is 1.35. The number of aryl methyl sites for hydroxylation is 1. The molecule has 3 aromatic rings. The number of benzene rings is 1. The molecule has 0 amide bonds. The van der Waals surface area contributed by atoms with Gasteiger partial charge in [0.15, 0.2) is 11.2 Å². The highest BCUT2D eigenvalue weighted by Gasteiger charge is 2.18. The normalized spacial score (nSPS) is 10.5. The van der Waals surface area contributed by atoms with Gasteiger partial charge < -0.3 is 5.11 Å². The van der Waals surface area contributed by atoms with Crippen LogP contribution in [0.5, 0.6) is 5.75 Å². The number of nitriles is 1. The summed E-state index contributed by atoms with van der Waals surface area (Å²) in [7, 11) is 0. The SMILES string of the molecule is Cc1ccc2c(O)c(C#N)c(=O)n(-c3ccccc3)c2n1. The minimum Gasteiger partial charge on any atom is -0.506 e. The molecule has 0 aliphatic heterocycles. The van der Waals surface area contributed by atoms with E-state index in [0.29, 0.717) is 16.7 Å². The van der Waals surface area contributed by atoms with Crippen molar-refractivity contribution in [3.05, 3.63) is 64.1 Å². The van der Waals surface area contributed by atoms with Crippen molar-refractivity contribution < 1.29 is 5.11 Å². The number of aromatic hydroxyl groups is 1. The Morgan fingerprint density at radius 1 is 1.19 bits per heavy atom. The lowest BCUT2D eigenvalue weighted by Crippen LogP contribution is -2.22. The maximum atomic E-state index is 12.5. The number of hydrogen-bond acceptors (Lipinski definition) is 4. The molecular weight excluding hydrogens is 266 g/mol. The van der Waals surface area contributed by atoms with Crippen LogP contribution in [0, 0.1) is 18.3 Å². The van der Waals surface area contributed by atoms with Crippen LogP contribution in [0.25, 0.3) is 16.7 Å². The summed E-state index contributed by atoms with van der Waals surface area (Å²) in [6.07, 6.45) is 0. The van der Waals surface area contributed by atoms with Gasteiger partial charge in [0.25, 0.3) is 5.56 Å². The topological polar surface area (TPSA) is 78.9 Å². The predicted molar refractivity (Wildman–Crippen MR) is 78.5 cm³/mol. The van der Waals surface area contributed by atoms with E-state index in [1.165, 1.54) is 4.57 Å². The van der Waals surface area contributed by atoms with Gasteiger partial charge in [-0.25, -0.2) is 4.98 Å². The summed E-state index contributed by atoms with van der Waals surface area (Å²) in [6.45, 7) is 1.80. The van der Waals surface area contributed by atoms with Crippen molar-refractivity contribution in [3.8, 4) is 17.5 Å². The van der Waals surface area contributed by atoms with E-state index in [9.17, 15) is 9.90 Å². The third-order valence-electron chi connectivity index (χ3n) is 3.26. The molecule has 2 heterocycles. The number of aromatic nitrogens is 2. The van der Waals surface area contributed by atoms with Crippen LogP contribution < -0.4 is 5.56 Å². The summed E-state index contributed by atoms with van der Waals surface area (Å²) in [5.41, 5.74) is 0.796. The predicted octanol–water partition coefficient (Wildman–Crippen LogP) is 2.27. The Bertz CT molecular complexity index is 938. The fourth-order valence-corrected chi connectivity index (χ4v) is 2.26. The monoisotopic (exact) mass is 277 g/mol. The molecule has 0 fully saturated rings. The molecule has 0 saturated carbocycles. The zero-order chi connectivity index (χ0) is 15.0. The highest BCUT2D eigenvalue weighted by Crippen LogP contribution is 2.26. The van der Waals surface area contributed by atoms with Crippen LogP contribution in [0.15, 0.2) is 47.3 Å². The van der Waals surface area contributed by atoms with Gasteiger partial charge in [-0.05, 0) is 31.2 Å². The number of hydrogen-bond donors (Lipinski definition) is 1. The van der Waals surface area contributed by atoms with Crippen LogP contribution in [0.4, 0.5) is 0 Å². The average molecular weight is 277 g/mol. The molecule has 5 heteroatoms. The molecule has 0 atom stereocenters. The van der Waals surface area contributed by atoms with E-state index in [1.54, 1.807) is 49.4 Å². The van der Waals surface area contributed by atoms with Crippen molar-refractivity contribution in [2.24, 2.45) is 0 Å². The molecule has 102 valence electrons. The Morgan fingerprint density at radius 2 is 1.90 bits per heavy atom. The minimum atomic E-state index is -0.577. The lowest BCUT2D eigenvalue weighted by Gasteiger charge is -2.12. The fraction of sp³-hybridized carbons (Fsp3) is 0.0625. The van der Waals surface area contributed by atoms with Crippen molar-refractivity contribution >= 4 is 11.0 Å². The first-order chi connectivity index (χ1) is 10.1. The van der Waals surface area contributed by atoms with Gasteiger partial charge >= 0.3 is 0 Å². The van der Waals surface area contributed by atoms with Gasteiger partial charge in [0, 0.05) is 5.69 Å². The highest BCUT2D eigenvalue weighted by molar-refractivity contribution is 5.85. The minimum absolute atomic E-state index is 0.281. The van der Waals surface area contributed by atoms with Crippen LogP contribution in [0.1, 0.15) is 11.3 Å². The first-order valence-corrected chi connectivity index (χ1v) is 6.34. The van der Waals surface area contributed by atoms with Crippen molar-refractivity contribution in [2.45, 2.75) is 6.92 Å². The zero-order valence-corrected chi connectivity index (χ0v) is 11.2. The standard InChI is InChI=1S/C16H11N3O2/c1-10-7-8-12-14(20)13(9-17)16(21)19(15(12)18-10)11-5-3-2-4-6-11/h2-8,20H,1H3. The van der Waals surface area contributed by atoms with Crippen LogP contribution in [0.3, 0.4) is 0 Å². The third kappa shape index (κ3) is 1.94. The highest BCUT2D eigenvalue weighted by atomic mass is 16.3. The van der Waals surface area contributed by atoms with Gasteiger partial charge in [0.2, 0.25) is 0 Å². The molecule has 0 aliphatic carbocycles. The first-order valence-electron chi connectivity index (χ1n) is 6.34. The first kappa shape index (κ1) is 12.9. The smallest absolute Gasteiger partial charge is 0.278 e. The Labute approximate surface area is 120 Å². The Hall–Kier alpha value is -3.13. The number of fused-ring (bicyclic) bond motifs is 1. The fourth-order valence-electron chi connectivity index (χ4n) is 2.26. The Morgan fingerprint density at radius 3 is 2.57 bits per heavy atom. The van der Waals surface area contributed by atoms with E-state index in [1.807, 2.05) is 6.07 Å². The van der Waals surface area contributed by atoms with Crippen LogP contribution in [0.2, 0.25) is 0 Å². The van der Waals surface area contributed by atoms with Crippen LogP contribution >= 0.6 is 0 Å². The lowest BCUT2D eigenvalue weighted by atomic mass is 10.1. The Kier molecular flexibility index (Phi) is 2.92. The van der Waals surface area contributed by atoms with Gasteiger partial charge in [0.1, 0.15) is 11.8 Å². The molecule has 1 N–H and O–H groups in total. The number of pyridine rings is 2. The van der Waals surface area contributed by atoms with E-state index < -0.39 is 5.56 Å². The molecule has 0 aliphatic rings. The van der Waals surface area contributed by atoms with Gasteiger partial charge in [-0.3, -0.25) is 9.36 Å². The summed E-state index contributed by atoms with van der Waals surface area (Å²) in [5, 5.41) is 19.6. The maximum Gasteiger partial charge on any atom is 0.278 e. The second kappa shape index (κ2) is 4.76. The molecule has 21 heavy (non-hydrogen) atoms. The summed E-state index contributed by atoms with van der Waals surface area (Å²) in [4.78, 5) is 16.8. The van der Waals surface area contributed by atoms with Gasteiger partial charge in [-0.2, -0.15) is 5.26 Å². The van der Waals surface area contributed by atoms with E-state index >= 15 is 0 Å². The van der Waals surface area contributed by atoms with Crippen molar-refractivity contribution in [3.63, 3.8) is 0 Å². The molecular formula is C16H11N3O2. The molecule has 2 aromatic heterocycles. The van der Waals surface area contributed by atoms with E-state index in [0.717, 1.165) is 5.69 Å². The van der Waals surface area contributed by atoms with E-state index in [-0.39, 0.29) is 11.3 Å². The molecule has 0 bridgehead atoms. The zero-order valence-electron chi connectivity index (χ0n) is 11.2. The Balaban J connectivity index is 2.57. The van der Waals surface area contributed by atoms with Crippen LogP contribution in [-0.4, -0.2) is 14.7 Å². The molecule has 1 aromatic carbocycles. The van der Waals surface area contributed by atoms with Crippen molar-refractivity contribution in [1.29, 1.82) is 5.26 Å². The van der Waals surface area contributed by atoms with Gasteiger partial charge in [-0.15, -0.1) is 0 Å². The van der Waals surface area contributed by atoms with Gasteiger partial charge in [0.05, 0.1) is 11.1 Å². The molecule has 0 saturated heterocycles. The maximum absolute atomic E-state index is 12.5. The largest absolute Gasteiger partial charge is 0.506 e. The number of rotatable bonds is 1.